The molecule has 1 heterocycles. The first-order valence-electron chi connectivity index (χ1n) is 9.18. The van der Waals surface area contributed by atoms with Gasteiger partial charge in [-0.2, -0.15) is 0 Å². The van der Waals surface area contributed by atoms with Gasteiger partial charge in [0.25, 0.3) is 5.91 Å². The van der Waals surface area contributed by atoms with Crippen molar-refractivity contribution in [2.45, 2.75) is 13.5 Å². The van der Waals surface area contributed by atoms with Crippen molar-refractivity contribution in [2.75, 3.05) is 27.2 Å². The molecule has 0 unspecified atom stereocenters. The number of hydrogen-bond acceptors (Lipinski definition) is 5. The normalized spacial score (nSPS) is 10.9. The summed E-state index contributed by atoms with van der Waals surface area (Å²) in [5, 5.41) is 5.49. The molecular formula is C22H25N3O2S. The van der Waals surface area contributed by atoms with E-state index in [1.54, 1.807) is 5.38 Å². The molecule has 0 aliphatic heterocycles. The summed E-state index contributed by atoms with van der Waals surface area (Å²) in [6.07, 6.45) is 0. The lowest BCUT2D eigenvalue weighted by atomic mass is 10.1. The number of ether oxygens (including phenoxy) is 1. The number of benzene rings is 2. The van der Waals surface area contributed by atoms with Crippen LogP contribution in [0.3, 0.4) is 0 Å². The van der Waals surface area contributed by atoms with E-state index in [4.69, 9.17) is 4.74 Å². The number of likely N-dealkylation sites (N-methyl/N-ethyl adjacent to an activating group) is 1. The predicted molar refractivity (Wildman–Crippen MR) is 114 cm³/mol. The van der Waals surface area contributed by atoms with Gasteiger partial charge in [-0.3, -0.25) is 4.79 Å². The van der Waals surface area contributed by atoms with E-state index in [-0.39, 0.29) is 5.91 Å². The van der Waals surface area contributed by atoms with Crippen LogP contribution in [0.5, 0.6) is 5.75 Å². The molecule has 146 valence electrons. The van der Waals surface area contributed by atoms with Crippen LogP contribution in [0, 0.1) is 6.92 Å². The fourth-order valence-electron chi connectivity index (χ4n) is 2.68. The molecule has 5 nitrogen and oxygen atoms in total. The Morgan fingerprint density at radius 2 is 2.00 bits per heavy atom. The molecule has 2 aromatic carbocycles. The minimum atomic E-state index is -0.142. The van der Waals surface area contributed by atoms with Crippen molar-refractivity contribution in [3.05, 3.63) is 70.7 Å². The molecule has 0 aliphatic rings. The molecule has 1 amide bonds. The monoisotopic (exact) mass is 395 g/mol. The van der Waals surface area contributed by atoms with Crippen molar-refractivity contribution >= 4 is 17.2 Å². The largest absolute Gasteiger partial charge is 0.489 e. The van der Waals surface area contributed by atoms with E-state index in [1.807, 2.05) is 49.3 Å². The van der Waals surface area contributed by atoms with Crippen LogP contribution >= 0.6 is 11.3 Å². The van der Waals surface area contributed by atoms with Gasteiger partial charge in [0.05, 0.1) is 0 Å². The molecular weight excluding hydrogens is 370 g/mol. The SMILES string of the molecule is Cc1cccc(COc2cccc(-c3nc(C(=O)NCCN(C)C)cs3)c2)c1. The van der Waals surface area contributed by atoms with Crippen LogP contribution in [-0.2, 0) is 6.61 Å². The summed E-state index contributed by atoms with van der Waals surface area (Å²) in [4.78, 5) is 18.7. The van der Waals surface area contributed by atoms with Gasteiger partial charge in [0.2, 0.25) is 0 Å². The molecule has 0 atom stereocenters. The Labute approximate surface area is 170 Å². The maximum absolute atomic E-state index is 12.2. The van der Waals surface area contributed by atoms with Crippen LogP contribution < -0.4 is 10.1 Å². The molecule has 0 saturated carbocycles. The summed E-state index contributed by atoms with van der Waals surface area (Å²) in [5.41, 5.74) is 3.74. The number of nitrogens with zero attached hydrogens (tertiary/aromatic N) is 2. The minimum absolute atomic E-state index is 0.142. The summed E-state index contributed by atoms with van der Waals surface area (Å²) in [7, 11) is 3.95. The number of carbonyl (C=O) groups excluding carboxylic acids is 1. The first-order chi connectivity index (χ1) is 13.5. The van der Waals surface area contributed by atoms with Crippen LogP contribution in [0.25, 0.3) is 10.6 Å². The summed E-state index contributed by atoms with van der Waals surface area (Å²) in [6, 6.07) is 16.1. The van der Waals surface area contributed by atoms with Crippen molar-refractivity contribution in [1.82, 2.24) is 15.2 Å². The Bertz CT molecular complexity index is 937. The zero-order valence-corrected chi connectivity index (χ0v) is 17.3. The lowest BCUT2D eigenvalue weighted by molar-refractivity contribution is 0.0947. The molecule has 0 bridgehead atoms. The number of amides is 1. The molecule has 0 saturated heterocycles. The van der Waals surface area contributed by atoms with E-state index in [1.165, 1.54) is 16.9 Å². The van der Waals surface area contributed by atoms with Gasteiger partial charge in [0, 0.05) is 24.0 Å². The van der Waals surface area contributed by atoms with Crippen LogP contribution in [0.1, 0.15) is 21.6 Å². The Morgan fingerprint density at radius 1 is 1.18 bits per heavy atom. The highest BCUT2D eigenvalue weighted by atomic mass is 32.1. The second-order valence-corrected chi connectivity index (χ2v) is 7.76. The van der Waals surface area contributed by atoms with Crippen molar-refractivity contribution in [3.63, 3.8) is 0 Å². The molecule has 0 radical (unpaired) electrons. The quantitative estimate of drug-likeness (QED) is 0.627. The topological polar surface area (TPSA) is 54.5 Å². The van der Waals surface area contributed by atoms with Gasteiger partial charge in [0.1, 0.15) is 23.1 Å². The zero-order valence-electron chi connectivity index (χ0n) is 16.4. The van der Waals surface area contributed by atoms with Crippen molar-refractivity contribution in [3.8, 4) is 16.3 Å². The molecule has 0 aliphatic carbocycles. The standard InChI is InChI=1S/C22H25N3O2S/c1-16-6-4-7-17(12-16)14-27-19-9-5-8-18(13-19)22-24-20(15-28-22)21(26)23-10-11-25(2)3/h4-9,12-13,15H,10-11,14H2,1-3H3,(H,23,26). The highest BCUT2D eigenvalue weighted by Gasteiger charge is 2.12. The summed E-state index contributed by atoms with van der Waals surface area (Å²) >= 11 is 1.46. The fourth-order valence-corrected chi connectivity index (χ4v) is 3.48. The van der Waals surface area contributed by atoms with Crippen molar-refractivity contribution in [2.24, 2.45) is 0 Å². The van der Waals surface area contributed by atoms with E-state index in [2.05, 4.69) is 35.4 Å². The second kappa shape index (κ2) is 9.48. The maximum Gasteiger partial charge on any atom is 0.270 e. The first-order valence-corrected chi connectivity index (χ1v) is 10.1. The van der Waals surface area contributed by atoms with Gasteiger partial charge in [-0.1, -0.05) is 42.0 Å². The molecule has 3 rings (SSSR count). The summed E-state index contributed by atoms with van der Waals surface area (Å²) < 4.78 is 5.93. The molecule has 28 heavy (non-hydrogen) atoms. The molecule has 0 spiro atoms. The number of aryl methyl sites for hydroxylation is 1. The minimum Gasteiger partial charge on any atom is -0.489 e. The Hall–Kier alpha value is -2.70. The molecule has 1 N–H and O–H groups in total. The second-order valence-electron chi connectivity index (χ2n) is 6.90. The summed E-state index contributed by atoms with van der Waals surface area (Å²) in [6.45, 7) is 3.98. The van der Waals surface area contributed by atoms with Gasteiger partial charge >= 0.3 is 0 Å². The van der Waals surface area contributed by atoms with Crippen molar-refractivity contribution in [1.29, 1.82) is 0 Å². The van der Waals surface area contributed by atoms with Gasteiger partial charge in [-0.05, 0) is 38.7 Å². The van der Waals surface area contributed by atoms with E-state index in [9.17, 15) is 4.79 Å². The number of nitrogens with one attached hydrogen (secondary N) is 1. The maximum atomic E-state index is 12.2. The van der Waals surface area contributed by atoms with Crippen LogP contribution in [0.2, 0.25) is 0 Å². The molecule has 6 heteroatoms. The van der Waals surface area contributed by atoms with Crippen LogP contribution in [0.4, 0.5) is 0 Å². The van der Waals surface area contributed by atoms with Gasteiger partial charge in [-0.25, -0.2) is 4.98 Å². The smallest absolute Gasteiger partial charge is 0.270 e. The highest BCUT2D eigenvalue weighted by molar-refractivity contribution is 7.13. The number of rotatable bonds is 8. The third kappa shape index (κ3) is 5.65. The third-order valence-corrected chi connectivity index (χ3v) is 5.04. The van der Waals surface area contributed by atoms with Crippen LogP contribution in [-0.4, -0.2) is 43.0 Å². The highest BCUT2D eigenvalue weighted by Crippen LogP contribution is 2.27. The Kier molecular flexibility index (Phi) is 6.79. The molecule has 1 aromatic heterocycles. The first kappa shape index (κ1) is 20.0. The van der Waals surface area contributed by atoms with Gasteiger partial charge in [0.15, 0.2) is 0 Å². The predicted octanol–water partition coefficient (Wildman–Crippen LogP) is 3.99. The molecule has 3 aromatic rings. The zero-order chi connectivity index (χ0) is 19.9. The van der Waals surface area contributed by atoms with E-state index in [0.717, 1.165) is 28.4 Å². The van der Waals surface area contributed by atoms with Crippen LogP contribution in [0.15, 0.2) is 53.9 Å². The third-order valence-electron chi connectivity index (χ3n) is 4.15. The average Bonchev–Trinajstić information content (AvgIpc) is 3.17. The lowest BCUT2D eigenvalue weighted by Crippen LogP contribution is -2.31. The van der Waals surface area contributed by atoms with E-state index < -0.39 is 0 Å². The Morgan fingerprint density at radius 3 is 2.79 bits per heavy atom. The number of hydrogen-bond donors (Lipinski definition) is 1. The summed E-state index contributed by atoms with van der Waals surface area (Å²) in [5.74, 6) is 0.641. The lowest BCUT2D eigenvalue weighted by Gasteiger charge is -2.09. The Balaban J connectivity index is 1.63. The number of carbonyl (C=O) groups is 1. The van der Waals surface area contributed by atoms with E-state index >= 15 is 0 Å². The fraction of sp³-hybridized carbons (Fsp3) is 0.273. The van der Waals surface area contributed by atoms with E-state index in [0.29, 0.717) is 18.8 Å². The van der Waals surface area contributed by atoms with Gasteiger partial charge in [-0.15, -0.1) is 11.3 Å². The molecule has 0 fully saturated rings. The van der Waals surface area contributed by atoms with Gasteiger partial charge < -0.3 is 15.0 Å². The number of aromatic nitrogens is 1. The average molecular weight is 396 g/mol. The number of thiazole rings is 1. The van der Waals surface area contributed by atoms with Crippen molar-refractivity contribution < 1.29 is 9.53 Å².